The average Bonchev–Trinajstić information content (AvgIpc) is 3.04. The Morgan fingerprint density at radius 2 is 2.07 bits per heavy atom. The molecule has 0 spiro atoms. The topological polar surface area (TPSA) is 63.2 Å². The molecule has 0 bridgehead atoms. The molecule has 0 unspecified atom stereocenters. The van der Waals surface area contributed by atoms with Gasteiger partial charge >= 0.3 is 6.18 Å². The van der Waals surface area contributed by atoms with Gasteiger partial charge < -0.3 is 4.74 Å². The SMILES string of the molecule is Cc1nc2c(C#N)cc(C3=CCOCC3)nn2c1Cc1cccc(C(F)(F)F)c1C. The highest BCUT2D eigenvalue weighted by Gasteiger charge is 2.33. The Labute approximate surface area is 171 Å². The van der Waals surface area contributed by atoms with Crippen molar-refractivity contribution in [2.45, 2.75) is 32.9 Å². The molecule has 0 N–H and O–H groups in total. The van der Waals surface area contributed by atoms with E-state index in [0.717, 1.165) is 11.6 Å². The van der Waals surface area contributed by atoms with Gasteiger partial charge in [0.05, 0.1) is 41.4 Å². The molecule has 154 valence electrons. The van der Waals surface area contributed by atoms with Gasteiger partial charge in [-0.15, -0.1) is 0 Å². The number of alkyl halides is 3. The van der Waals surface area contributed by atoms with Crippen LogP contribution in [0, 0.1) is 25.2 Å². The molecule has 0 fully saturated rings. The number of aromatic nitrogens is 3. The molecular formula is C22H19F3N4O. The van der Waals surface area contributed by atoms with Crippen molar-refractivity contribution in [1.82, 2.24) is 14.6 Å². The molecule has 3 aromatic rings. The Kier molecular flexibility index (Phi) is 5.08. The van der Waals surface area contributed by atoms with Gasteiger partial charge in [-0.3, -0.25) is 0 Å². The number of halogens is 3. The third-order valence-corrected chi connectivity index (χ3v) is 5.40. The molecule has 2 aromatic heterocycles. The van der Waals surface area contributed by atoms with Crippen LogP contribution < -0.4 is 0 Å². The first-order chi connectivity index (χ1) is 14.3. The number of imidazole rings is 1. The van der Waals surface area contributed by atoms with E-state index in [1.54, 1.807) is 23.6 Å². The van der Waals surface area contributed by atoms with E-state index in [4.69, 9.17) is 4.74 Å². The molecule has 8 heteroatoms. The van der Waals surface area contributed by atoms with Crippen LogP contribution in [0.25, 0.3) is 11.2 Å². The summed E-state index contributed by atoms with van der Waals surface area (Å²) >= 11 is 0. The molecule has 5 nitrogen and oxygen atoms in total. The summed E-state index contributed by atoms with van der Waals surface area (Å²) in [6.45, 7) is 4.31. The summed E-state index contributed by atoms with van der Waals surface area (Å²) in [5.41, 5.74) is 3.80. The van der Waals surface area contributed by atoms with Gasteiger partial charge in [-0.1, -0.05) is 18.2 Å². The maximum absolute atomic E-state index is 13.3. The van der Waals surface area contributed by atoms with Crippen molar-refractivity contribution in [3.05, 3.63) is 69.7 Å². The zero-order valence-corrected chi connectivity index (χ0v) is 16.5. The lowest BCUT2D eigenvalue weighted by molar-refractivity contribution is -0.138. The minimum atomic E-state index is -4.41. The highest BCUT2D eigenvalue weighted by Crippen LogP contribution is 2.34. The normalized spacial score (nSPS) is 14.6. The number of fused-ring (bicyclic) bond motifs is 1. The van der Waals surface area contributed by atoms with E-state index >= 15 is 0 Å². The Balaban J connectivity index is 1.85. The average molecular weight is 412 g/mol. The largest absolute Gasteiger partial charge is 0.416 e. The summed E-state index contributed by atoms with van der Waals surface area (Å²) in [5, 5.41) is 14.3. The first-order valence-electron chi connectivity index (χ1n) is 9.51. The lowest BCUT2D eigenvalue weighted by Crippen LogP contribution is -2.11. The zero-order chi connectivity index (χ0) is 21.5. The van der Waals surface area contributed by atoms with Crippen molar-refractivity contribution in [2.24, 2.45) is 0 Å². The minimum Gasteiger partial charge on any atom is -0.377 e. The summed E-state index contributed by atoms with van der Waals surface area (Å²) in [6, 6.07) is 8.05. The van der Waals surface area contributed by atoms with Crippen molar-refractivity contribution in [1.29, 1.82) is 5.26 Å². The van der Waals surface area contributed by atoms with Crippen molar-refractivity contribution in [3.8, 4) is 6.07 Å². The van der Waals surface area contributed by atoms with Gasteiger partial charge in [-0.05, 0) is 49.1 Å². The van der Waals surface area contributed by atoms with Gasteiger partial charge in [0.1, 0.15) is 6.07 Å². The van der Waals surface area contributed by atoms with E-state index in [0.29, 0.717) is 53.5 Å². The summed E-state index contributed by atoms with van der Waals surface area (Å²) in [5.74, 6) is 0. The summed E-state index contributed by atoms with van der Waals surface area (Å²) in [7, 11) is 0. The van der Waals surface area contributed by atoms with Gasteiger partial charge in [0.2, 0.25) is 0 Å². The quantitative estimate of drug-likeness (QED) is 0.629. The summed E-state index contributed by atoms with van der Waals surface area (Å²) < 4.78 is 46.9. The Bertz CT molecular complexity index is 1200. The predicted molar refractivity (Wildman–Crippen MR) is 105 cm³/mol. The molecule has 0 aliphatic carbocycles. The van der Waals surface area contributed by atoms with Crippen LogP contribution in [0.15, 0.2) is 30.3 Å². The summed E-state index contributed by atoms with van der Waals surface area (Å²) in [4.78, 5) is 4.48. The summed E-state index contributed by atoms with van der Waals surface area (Å²) in [6.07, 6.45) is -1.58. The fourth-order valence-corrected chi connectivity index (χ4v) is 3.74. The van der Waals surface area contributed by atoms with Gasteiger partial charge in [-0.25, -0.2) is 9.50 Å². The first-order valence-corrected chi connectivity index (χ1v) is 9.51. The highest BCUT2D eigenvalue weighted by molar-refractivity contribution is 5.68. The zero-order valence-electron chi connectivity index (χ0n) is 16.5. The standard InChI is InChI=1S/C22H19F3N4O/c1-13-16(4-3-5-18(13)22(23,24)25)11-20-14(2)27-21-17(12-26)10-19(28-29(20)21)15-6-8-30-9-7-15/h3-6,10H,7-9,11H2,1-2H3. The second kappa shape index (κ2) is 7.58. The Morgan fingerprint density at radius 3 is 2.73 bits per heavy atom. The van der Waals surface area contributed by atoms with Crippen molar-refractivity contribution in [3.63, 3.8) is 0 Å². The second-order valence-electron chi connectivity index (χ2n) is 7.25. The third-order valence-electron chi connectivity index (χ3n) is 5.40. The fourth-order valence-electron chi connectivity index (χ4n) is 3.74. The maximum Gasteiger partial charge on any atom is 0.416 e. The lowest BCUT2D eigenvalue weighted by atomic mass is 9.98. The van der Waals surface area contributed by atoms with E-state index < -0.39 is 11.7 Å². The number of rotatable bonds is 3. The molecule has 0 atom stereocenters. The van der Waals surface area contributed by atoms with E-state index in [-0.39, 0.29) is 12.0 Å². The number of ether oxygens (including phenoxy) is 1. The fraction of sp³-hybridized carbons (Fsp3) is 0.318. The number of nitriles is 1. The van der Waals surface area contributed by atoms with Gasteiger partial charge in [0, 0.05) is 6.42 Å². The second-order valence-corrected chi connectivity index (χ2v) is 7.25. The smallest absolute Gasteiger partial charge is 0.377 e. The highest BCUT2D eigenvalue weighted by atomic mass is 19.4. The third kappa shape index (κ3) is 3.57. The number of nitrogens with zero attached hydrogens (tertiary/aromatic N) is 4. The minimum absolute atomic E-state index is 0.183. The molecule has 0 amide bonds. The monoisotopic (exact) mass is 412 g/mol. The van der Waals surface area contributed by atoms with Crippen LogP contribution >= 0.6 is 0 Å². The van der Waals surface area contributed by atoms with Crippen molar-refractivity contribution in [2.75, 3.05) is 13.2 Å². The number of hydrogen-bond donors (Lipinski definition) is 0. The van der Waals surface area contributed by atoms with Gasteiger partial charge in [0.15, 0.2) is 5.65 Å². The maximum atomic E-state index is 13.3. The molecule has 30 heavy (non-hydrogen) atoms. The molecule has 1 aromatic carbocycles. The number of aryl methyl sites for hydroxylation is 1. The van der Waals surface area contributed by atoms with E-state index in [1.165, 1.54) is 13.0 Å². The molecular weight excluding hydrogens is 393 g/mol. The van der Waals surface area contributed by atoms with Crippen molar-refractivity contribution < 1.29 is 17.9 Å². The van der Waals surface area contributed by atoms with Crippen LogP contribution in [-0.2, 0) is 17.3 Å². The van der Waals surface area contributed by atoms with E-state index in [2.05, 4.69) is 16.2 Å². The van der Waals surface area contributed by atoms with Crippen LogP contribution in [0.5, 0.6) is 0 Å². The Hall–Kier alpha value is -3.18. The van der Waals surface area contributed by atoms with E-state index in [1.807, 2.05) is 6.08 Å². The number of hydrogen-bond acceptors (Lipinski definition) is 4. The molecule has 1 aliphatic heterocycles. The molecule has 0 saturated carbocycles. The Morgan fingerprint density at radius 1 is 1.27 bits per heavy atom. The molecule has 1 aliphatic rings. The van der Waals surface area contributed by atoms with Crippen LogP contribution in [0.4, 0.5) is 13.2 Å². The first kappa shape index (κ1) is 20.1. The molecule has 0 saturated heterocycles. The molecule has 4 rings (SSSR count). The lowest BCUT2D eigenvalue weighted by Gasteiger charge is -2.15. The van der Waals surface area contributed by atoms with Crippen molar-refractivity contribution >= 4 is 11.2 Å². The number of benzene rings is 1. The molecule has 3 heterocycles. The van der Waals surface area contributed by atoms with Crippen LogP contribution in [0.1, 0.15) is 45.8 Å². The van der Waals surface area contributed by atoms with Crippen LogP contribution in [0.2, 0.25) is 0 Å². The van der Waals surface area contributed by atoms with Crippen LogP contribution in [0.3, 0.4) is 0 Å². The van der Waals surface area contributed by atoms with Gasteiger partial charge in [0.25, 0.3) is 0 Å². The van der Waals surface area contributed by atoms with Gasteiger partial charge in [-0.2, -0.15) is 23.5 Å². The predicted octanol–water partition coefficient (Wildman–Crippen LogP) is 4.63. The molecule has 0 radical (unpaired) electrons. The van der Waals surface area contributed by atoms with E-state index in [9.17, 15) is 18.4 Å². The van der Waals surface area contributed by atoms with Crippen LogP contribution in [-0.4, -0.2) is 27.8 Å².